The Morgan fingerprint density at radius 2 is 2.04 bits per heavy atom. The summed E-state index contributed by atoms with van der Waals surface area (Å²) in [4.78, 5) is 27.0. The number of carbonyl (C=O) groups excluding carboxylic acids is 1. The average Bonchev–Trinajstić information content (AvgIpc) is 2.61. The minimum atomic E-state index is -0.488. The minimum absolute atomic E-state index is 0.0805. The Labute approximate surface area is 147 Å². The number of rotatable bonds is 8. The summed E-state index contributed by atoms with van der Waals surface area (Å²) < 4.78 is 5.31. The highest BCUT2D eigenvalue weighted by molar-refractivity contribution is 6.00. The highest BCUT2D eigenvalue weighted by atomic mass is 16.6. The van der Waals surface area contributed by atoms with Crippen molar-refractivity contribution in [1.82, 2.24) is 10.2 Å². The molecule has 1 heterocycles. The molecule has 138 valence electrons. The number of nitrogens with zero attached hydrogens (tertiary/aromatic N) is 3. The average molecular weight is 350 g/mol. The van der Waals surface area contributed by atoms with Gasteiger partial charge in [0, 0.05) is 51.5 Å². The summed E-state index contributed by atoms with van der Waals surface area (Å²) in [6.45, 7) is 5.06. The van der Waals surface area contributed by atoms with Crippen LogP contribution in [0.5, 0.6) is 0 Å². The molecule has 1 aliphatic rings. The van der Waals surface area contributed by atoms with Gasteiger partial charge >= 0.3 is 0 Å². The lowest BCUT2D eigenvalue weighted by molar-refractivity contribution is -0.384. The van der Waals surface area contributed by atoms with Gasteiger partial charge in [0.25, 0.3) is 11.6 Å². The summed E-state index contributed by atoms with van der Waals surface area (Å²) in [6, 6.07) is 4.35. The molecule has 1 aromatic carbocycles. The molecule has 0 radical (unpaired) electrons. The fourth-order valence-corrected chi connectivity index (χ4v) is 2.79. The molecule has 0 saturated carbocycles. The van der Waals surface area contributed by atoms with Gasteiger partial charge < -0.3 is 15.0 Å². The Morgan fingerprint density at radius 3 is 2.68 bits per heavy atom. The lowest BCUT2D eigenvalue weighted by Crippen LogP contribution is -2.37. The Balaban J connectivity index is 1.84. The van der Waals surface area contributed by atoms with E-state index in [2.05, 4.69) is 10.2 Å². The third-order valence-electron chi connectivity index (χ3n) is 4.21. The molecule has 1 saturated heterocycles. The summed E-state index contributed by atoms with van der Waals surface area (Å²) in [5.41, 5.74) is 0.909. The van der Waals surface area contributed by atoms with Crippen LogP contribution in [0, 0.1) is 10.1 Å². The number of benzene rings is 1. The second-order valence-corrected chi connectivity index (χ2v) is 6.27. The Morgan fingerprint density at radius 1 is 1.32 bits per heavy atom. The van der Waals surface area contributed by atoms with Gasteiger partial charge in [-0.25, -0.2) is 0 Å². The standard InChI is InChI=1S/C17H26N4O4/c1-19(2)16-6-5-14(21(23)24)13-15(16)17(22)18-7-3-4-8-20-9-11-25-12-10-20/h5-6,13H,3-4,7-12H2,1-2H3,(H,18,22). The van der Waals surface area contributed by atoms with E-state index >= 15 is 0 Å². The Kier molecular flexibility index (Phi) is 7.15. The van der Waals surface area contributed by atoms with Crippen molar-refractivity contribution < 1.29 is 14.5 Å². The zero-order valence-corrected chi connectivity index (χ0v) is 14.9. The number of nitro groups is 1. The lowest BCUT2D eigenvalue weighted by atomic mass is 10.1. The van der Waals surface area contributed by atoms with Gasteiger partial charge in [-0.3, -0.25) is 19.8 Å². The molecule has 0 spiro atoms. The molecule has 0 aliphatic carbocycles. The van der Waals surface area contributed by atoms with E-state index in [1.54, 1.807) is 25.1 Å². The van der Waals surface area contributed by atoms with E-state index in [0.29, 0.717) is 17.8 Å². The zero-order valence-electron chi connectivity index (χ0n) is 14.9. The van der Waals surface area contributed by atoms with Crippen LogP contribution in [-0.4, -0.2) is 69.2 Å². The fraction of sp³-hybridized carbons (Fsp3) is 0.588. The van der Waals surface area contributed by atoms with E-state index in [0.717, 1.165) is 45.7 Å². The second-order valence-electron chi connectivity index (χ2n) is 6.27. The molecule has 1 aliphatic heterocycles. The fourth-order valence-electron chi connectivity index (χ4n) is 2.79. The van der Waals surface area contributed by atoms with Crippen molar-refractivity contribution in [2.75, 3.05) is 58.4 Å². The van der Waals surface area contributed by atoms with Crippen LogP contribution < -0.4 is 10.2 Å². The number of nitrogens with one attached hydrogen (secondary N) is 1. The number of carbonyl (C=O) groups is 1. The molecular weight excluding hydrogens is 324 g/mol. The monoisotopic (exact) mass is 350 g/mol. The van der Waals surface area contributed by atoms with Gasteiger partial charge in [-0.05, 0) is 25.5 Å². The molecule has 1 amide bonds. The maximum Gasteiger partial charge on any atom is 0.270 e. The van der Waals surface area contributed by atoms with Gasteiger partial charge in [-0.15, -0.1) is 0 Å². The number of ether oxygens (including phenoxy) is 1. The molecule has 25 heavy (non-hydrogen) atoms. The van der Waals surface area contributed by atoms with Gasteiger partial charge in [0.15, 0.2) is 0 Å². The van der Waals surface area contributed by atoms with Crippen LogP contribution in [0.3, 0.4) is 0 Å². The molecule has 2 rings (SSSR count). The SMILES string of the molecule is CN(C)c1ccc([N+](=O)[O-])cc1C(=O)NCCCCN1CCOCC1. The summed E-state index contributed by atoms with van der Waals surface area (Å²) >= 11 is 0. The summed E-state index contributed by atoms with van der Waals surface area (Å²) in [6.07, 6.45) is 1.87. The van der Waals surface area contributed by atoms with E-state index < -0.39 is 4.92 Å². The van der Waals surface area contributed by atoms with Gasteiger partial charge in [-0.1, -0.05) is 0 Å². The zero-order chi connectivity index (χ0) is 18.2. The molecule has 1 aromatic rings. The van der Waals surface area contributed by atoms with E-state index in [9.17, 15) is 14.9 Å². The van der Waals surface area contributed by atoms with Crippen molar-refractivity contribution in [2.45, 2.75) is 12.8 Å². The van der Waals surface area contributed by atoms with Crippen molar-refractivity contribution in [3.8, 4) is 0 Å². The molecule has 0 unspecified atom stereocenters. The van der Waals surface area contributed by atoms with Gasteiger partial charge in [0.1, 0.15) is 0 Å². The van der Waals surface area contributed by atoms with Crippen LogP contribution in [0.4, 0.5) is 11.4 Å². The van der Waals surface area contributed by atoms with Gasteiger partial charge in [-0.2, -0.15) is 0 Å². The largest absolute Gasteiger partial charge is 0.379 e. The van der Waals surface area contributed by atoms with Crippen molar-refractivity contribution in [2.24, 2.45) is 0 Å². The van der Waals surface area contributed by atoms with Gasteiger partial charge in [0.05, 0.1) is 23.7 Å². The molecule has 8 nitrogen and oxygen atoms in total. The number of anilines is 1. The highest BCUT2D eigenvalue weighted by Crippen LogP contribution is 2.24. The van der Waals surface area contributed by atoms with Crippen LogP contribution in [-0.2, 0) is 4.74 Å². The smallest absolute Gasteiger partial charge is 0.270 e. The van der Waals surface area contributed by atoms with E-state index in [-0.39, 0.29) is 11.6 Å². The quantitative estimate of drug-likeness (QED) is 0.434. The Hall–Kier alpha value is -2.19. The van der Waals surface area contributed by atoms with Crippen LogP contribution in [0.15, 0.2) is 18.2 Å². The number of morpholine rings is 1. The number of hydrogen-bond acceptors (Lipinski definition) is 6. The van der Waals surface area contributed by atoms with Crippen molar-refractivity contribution in [1.29, 1.82) is 0 Å². The van der Waals surface area contributed by atoms with Crippen LogP contribution >= 0.6 is 0 Å². The lowest BCUT2D eigenvalue weighted by Gasteiger charge is -2.26. The van der Waals surface area contributed by atoms with E-state index in [1.807, 2.05) is 0 Å². The minimum Gasteiger partial charge on any atom is -0.379 e. The summed E-state index contributed by atoms with van der Waals surface area (Å²) in [7, 11) is 3.61. The van der Waals surface area contributed by atoms with Crippen LogP contribution in [0.25, 0.3) is 0 Å². The number of hydrogen-bond donors (Lipinski definition) is 1. The topological polar surface area (TPSA) is 87.9 Å². The molecule has 0 atom stereocenters. The first kappa shape index (κ1) is 19.1. The normalized spacial score (nSPS) is 15.0. The second kappa shape index (κ2) is 9.33. The predicted octanol–water partition coefficient (Wildman–Crippen LogP) is 1.50. The third kappa shape index (κ3) is 5.68. The maximum absolute atomic E-state index is 12.4. The third-order valence-corrected chi connectivity index (χ3v) is 4.21. The van der Waals surface area contributed by atoms with Gasteiger partial charge in [0.2, 0.25) is 0 Å². The number of amides is 1. The first-order chi connectivity index (χ1) is 12.0. The molecule has 1 fully saturated rings. The number of unbranched alkanes of at least 4 members (excludes halogenated alkanes) is 1. The maximum atomic E-state index is 12.4. The van der Waals surface area contributed by atoms with Crippen molar-refractivity contribution in [3.05, 3.63) is 33.9 Å². The molecule has 8 heteroatoms. The molecular formula is C17H26N4O4. The first-order valence-corrected chi connectivity index (χ1v) is 8.53. The van der Waals surface area contributed by atoms with Crippen molar-refractivity contribution >= 4 is 17.3 Å². The number of non-ortho nitro benzene ring substituents is 1. The molecule has 0 aromatic heterocycles. The Bertz CT molecular complexity index is 600. The molecule has 0 bridgehead atoms. The summed E-state index contributed by atoms with van der Waals surface area (Å²) in [5.74, 6) is -0.279. The predicted molar refractivity (Wildman–Crippen MR) is 96.2 cm³/mol. The van der Waals surface area contributed by atoms with Crippen LogP contribution in [0.2, 0.25) is 0 Å². The summed E-state index contributed by atoms with van der Waals surface area (Å²) in [5, 5.41) is 13.8. The van der Waals surface area contributed by atoms with E-state index in [1.165, 1.54) is 12.1 Å². The highest BCUT2D eigenvalue weighted by Gasteiger charge is 2.17. The van der Waals surface area contributed by atoms with Crippen LogP contribution in [0.1, 0.15) is 23.2 Å². The first-order valence-electron chi connectivity index (χ1n) is 8.53. The molecule has 1 N–H and O–H groups in total. The van der Waals surface area contributed by atoms with Crippen molar-refractivity contribution in [3.63, 3.8) is 0 Å². The number of nitro benzene ring substituents is 1. The van der Waals surface area contributed by atoms with E-state index in [4.69, 9.17) is 4.74 Å².